The summed E-state index contributed by atoms with van der Waals surface area (Å²) >= 11 is 0. The molecule has 1 amide bonds. The van der Waals surface area contributed by atoms with E-state index in [9.17, 15) is 4.79 Å². The largest absolute Gasteiger partial charge is 0.359 e. The maximum absolute atomic E-state index is 12.5. The molecular formula is C21H28N3O+. The van der Waals surface area contributed by atoms with Crippen molar-refractivity contribution in [2.45, 2.75) is 20.3 Å². The maximum Gasteiger partial charge on any atom is 0.228 e. The van der Waals surface area contributed by atoms with Gasteiger partial charge >= 0.3 is 0 Å². The minimum absolute atomic E-state index is 0.0375. The van der Waals surface area contributed by atoms with Crippen molar-refractivity contribution in [2.75, 3.05) is 43.4 Å². The zero-order valence-electron chi connectivity index (χ0n) is 15.4. The van der Waals surface area contributed by atoms with Crippen LogP contribution < -0.4 is 15.1 Å². The lowest BCUT2D eigenvalue weighted by Crippen LogP contribution is -3.12. The van der Waals surface area contributed by atoms with Gasteiger partial charge in [0.25, 0.3) is 0 Å². The highest BCUT2D eigenvalue weighted by Crippen LogP contribution is 2.25. The zero-order valence-corrected chi connectivity index (χ0v) is 15.4. The van der Waals surface area contributed by atoms with Crippen LogP contribution >= 0.6 is 0 Å². The minimum atomic E-state index is 0.0375. The number of piperazine rings is 1. The molecule has 4 nitrogen and oxygen atoms in total. The molecule has 2 aromatic rings. The molecule has 1 aliphatic rings. The van der Waals surface area contributed by atoms with Crippen molar-refractivity contribution in [3.63, 3.8) is 0 Å². The minimum Gasteiger partial charge on any atom is -0.359 e. The number of aryl methyl sites for hydroxylation is 2. The van der Waals surface area contributed by atoms with Crippen LogP contribution in [0.5, 0.6) is 0 Å². The van der Waals surface area contributed by atoms with Crippen molar-refractivity contribution in [2.24, 2.45) is 0 Å². The second-order valence-electron chi connectivity index (χ2n) is 7.10. The van der Waals surface area contributed by atoms with Gasteiger partial charge in [-0.3, -0.25) is 4.79 Å². The van der Waals surface area contributed by atoms with Gasteiger partial charge in [0.05, 0.1) is 51.0 Å². The number of quaternary nitrogens is 1. The van der Waals surface area contributed by atoms with Crippen molar-refractivity contribution in [3.05, 3.63) is 59.2 Å². The van der Waals surface area contributed by atoms with Crippen LogP contribution in [0, 0.1) is 13.8 Å². The first-order valence-corrected chi connectivity index (χ1v) is 9.04. The number of nitrogens with zero attached hydrogens (tertiary/aromatic N) is 1. The Bertz CT molecular complexity index is 749. The van der Waals surface area contributed by atoms with Gasteiger partial charge in [-0.2, -0.15) is 0 Å². The Hall–Kier alpha value is -2.33. The van der Waals surface area contributed by atoms with Crippen LogP contribution in [-0.2, 0) is 11.2 Å². The summed E-state index contributed by atoms with van der Waals surface area (Å²) in [6.45, 7) is 8.48. The molecule has 0 bridgehead atoms. The van der Waals surface area contributed by atoms with E-state index >= 15 is 0 Å². The number of amides is 1. The van der Waals surface area contributed by atoms with Gasteiger partial charge in [0.2, 0.25) is 5.91 Å². The third-order valence-corrected chi connectivity index (χ3v) is 5.07. The fraction of sp³-hybridized carbons (Fsp3) is 0.381. The monoisotopic (exact) mass is 338 g/mol. The van der Waals surface area contributed by atoms with Crippen LogP contribution in [0.3, 0.4) is 0 Å². The Balaban J connectivity index is 1.70. The van der Waals surface area contributed by atoms with Gasteiger partial charge in [-0.1, -0.05) is 30.3 Å². The fourth-order valence-corrected chi connectivity index (χ4v) is 3.28. The molecular weight excluding hydrogens is 310 g/mol. The van der Waals surface area contributed by atoms with Gasteiger partial charge in [-0.25, -0.2) is 0 Å². The van der Waals surface area contributed by atoms with E-state index in [0.29, 0.717) is 6.42 Å². The SMILES string of the molecule is Cc1ccc(CC(=O)Nc2ccccc2N2CC[NH+](C)CC2)cc1C. The molecule has 3 rings (SSSR count). The number of benzene rings is 2. The first-order valence-electron chi connectivity index (χ1n) is 9.04. The molecule has 4 heteroatoms. The smallest absolute Gasteiger partial charge is 0.228 e. The lowest BCUT2D eigenvalue weighted by atomic mass is 10.0. The van der Waals surface area contributed by atoms with Crippen molar-refractivity contribution >= 4 is 17.3 Å². The quantitative estimate of drug-likeness (QED) is 0.892. The summed E-state index contributed by atoms with van der Waals surface area (Å²) in [6.07, 6.45) is 0.405. The first-order chi connectivity index (χ1) is 12.0. The van der Waals surface area contributed by atoms with Crippen LogP contribution in [0.1, 0.15) is 16.7 Å². The fourth-order valence-electron chi connectivity index (χ4n) is 3.28. The third kappa shape index (κ3) is 4.40. The predicted molar refractivity (Wildman–Crippen MR) is 104 cm³/mol. The van der Waals surface area contributed by atoms with Crippen molar-refractivity contribution < 1.29 is 9.69 Å². The van der Waals surface area contributed by atoms with E-state index in [1.807, 2.05) is 24.3 Å². The summed E-state index contributed by atoms with van der Waals surface area (Å²) in [6, 6.07) is 14.3. The van der Waals surface area contributed by atoms with Crippen LogP contribution in [0.2, 0.25) is 0 Å². The summed E-state index contributed by atoms with van der Waals surface area (Å²) in [5.74, 6) is 0.0375. The average Bonchev–Trinajstić information content (AvgIpc) is 2.59. The molecule has 2 N–H and O–H groups in total. The van der Waals surface area contributed by atoms with Crippen LogP contribution in [-0.4, -0.2) is 39.1 Å². The number of carbonyl (C=O) groups excluding carboxylic acids is 1. The second-order valence-corrected chi connectivity index (χ2v) is 7.10. The predicted octanol–water partition coefficient (Wildman–Crippen LogP) is 1.82. The molecule has 1 saturated heterocycles. The number of hydrogen-bond acceptors (Lipinski definition) is 2. The van der Waals surface area contributed by atoms with Gasteiger partial charge in [-0.15, -0.1) is 0 Å². The maximum atomic E-state index is 12.5. The summed E-state index contributed by atoms with van der Waals surface area (Å²) in [4.78, 5) is 16.5. The van der Waals surface area contributed by atoms with Crippen LogP contribution in [0.4, 0.5) is 11.4 Å². The highest BCUT2D eigenvalue weighted by Gasteiger charge is 2.19. The van der Waals surface area contributed by atoms with Gasteiger partial charge in [0, 0.05) is 0 Å². The molecule has 25 heavy (non-hydrogen) atoms. The zero-order chi connectivity index (χ0) is 17.8. The second kappa shape index (κ2) is 7.70. The number of carbonyl (C=O) groups is 1. The van der Waals surface area contributed by atoms with Gasteiger partial charge in [0.15, 0.2) is 0 Å². The molecule has 1 aliphatic heterocycles. The molecule has 0 spiro atoms. The number of hydrogen-bond donors (Lipinski definition) is 2. The molecule has 1 fully saturated rings. The molecule has 0 radical (unpaired) electrons. The van der Waals surface area contributed by atoms with Gasteiger partial charge in [-0.05, 0) is 42.7 Å². The van der Waals surface area contributed by atoms with E-state index in [4.69, 9.17) is 0 Å². The Morgan fingerprint density at radius 3 is 2.52 bits per heavy atom. The Labute approximate surface area is 150 Å². The number of anilines is 2. The number of nitrogens with one attached hydrogen (secondary N) is 2. The number of likely N-dealkylation sites (N-methyl/N-ethyl adjacent to an activating group) is 1. The van der Waals surface area contributed by atoms with Crippen molar-refractivity contribution in [1.82, 2.24) is 0 Å². The molecule has 0 saturated carbocycles. The Morgan fingerprint density at radius 2 is 1.80 bits per heavy atom. The summed E-state index contributed by atoms with van der Waals surface area (Å²) in [5.41, 5.74) is 5.58. The highest BCUT2D eigenvalue weighted by atomic mass is 16.1. The van der Waals surface area contributed by atoms with E-state index in [0.717, 1.165) is 43.1 Å². The van der Waals surface area contributed by atoms with E-state index < -0.39 is 0 Å². The van der Waals surface area contributed by atoms with E-state index in [1.165, 1.54) is 11.1 Å². The Kier molecular flexibility index (Phi) is 5.39. The molecule has 0 aliphatic carbocycles. The highest BCUT2D eigenvalue weighted by molar-refractivity contribution is 5.95. The normalized spacial score (nSPS) is 15.2. The molecule has 132 valence electrons. The lowest BCUT2D eigenvalue weighted by Gasteiger charge is -2.33. The number of rotatable bonds is 4. The molecule has 0 aromatic heterocycles. The molecule has 0 unspecified atom stereocenters. The van der Waals surface area contributed by atoms with Crippen molar-refractivity contribution in [1.29, 1.82) is 0 Å². The van der Waals surface area contributed by atoms with E-state index in [-0.39, 0.29) is 5.91 Å². The van der Waals surface area contributed by atoms with Gasteiger partial charge in [0.1, 0.15) is 0 Å². The standard InChI is InChI=1S/C21H27N3O/c1-16-8-9-18(14-17(16)2)15-21(25)22-19-6-4-5-7-20(19)24-12-10-23(3)11-13-24/h4-9,14H,10-13,15H2,1-3H3,(H,22,25)/p+1. The Morgan fingerprint density at radius 1 is 1.08 bits per heavy atom. The molecule has 0 atom stereocenters. The van der Waals surface area contributed by atoms with Crippen LogP contribution in [0.15, 0.2) is 42.5 Å². The van der Waals surface area contributed by atoms with E-state index in [1.54, 1.807) is 4.90 Å². The summed E-state index contributed by atoms with van der Waals surface area (Å²) < 4.78 is 0. The average molecular weight is 338 g/mol. The lowest BCUT2D eigenvalue weighted by molar-refractivity contribution is -0.880. The summed E-state index contributed by atoms with van der Waals surface area (Å²) in [7, 11) is 2.23. The number of para-hydroxylation sites is 2. The molecule has 2 aromatic carbocycles. The van der Waals surface area contributed by atoms with Crippen molar-refractivity contribution in [3.8, 4) is 0 Å². The molecule has 1 heterocycles. The first kappa shape index (κ1) is 17.5. The summed E-state index contributed by atoms with van der Waals surface area (Å²) in [5, 5.41) is 3.11. The van der Waals surface area contributed by atoms with E-state index in [2.05, 4.69) is 49.3 Å². The van der Waals surface area contributed by atoms with Gasteiger partial charge < -0.3 is 15.1 Å². The third-order valence-electron chi connectivity index (χ3n) is 5.07. The topological polar surface area (TPSA) is 36.8 Å². The van der Waals surface area contributed by atoms with Crippen LogP contribution in [0.25, 0.3) is 0 Å².